The van der Waals surface area contributed by atoms with Crippen LogP contribution in [0.3, 0.4) is 0 Å². The highest BCUT2D eigenvalue weighted by atomic mass is 16.2. The molecular formula is C14H16N2O. The lowest BCUT2D eigenvalue weighted by atomic mass is 10.0. The zero-order valence-corrected chi connectivity index (χ0v) is 9.94. The minimum atomic E-state index is -0.717. The fourth-order valence-electron chi connectivity index (χ4n) is 1.90. The quantitative estimate of drug-likeness (QED) is 0.857. The van der Waals surface area contributed by atoms with Crippen molar-refractivity contribution in [2.75, 3.05) is 0 Å². The van der Waals surface area contributed by atoms with Gasteiger partial charge >= 0.3 is 0 Å². The maximum atomic E-state index is 11.8. The Labute approximate surface area is 101 Å². The largest absolute Gasteiger partial charge is 0.352 e. The second-order valence-corrected chi connectivity index (χ2v) is 4.76. The van der Waals surface area contributed by atoms with Gasteiger partial charge in [-0.05, 0) is 31.7 Å². The smallest absolute Gasteiger partial charge is 0.240 e. The molecule has 2 rings (SSSR count). The molecule has 1 aliphatic rings. The van der Waals surface area contributed by atoms with E-state index < -0.39 is 5.41 Å². The van der Waals surface area contributed by atoms with Crippen LogP contribution in [-0.4, -0.2) is 11.9 Å². The number of rotatable bonds is 4. The van der Waals surface area contributed by atoms with E-state index in [0.717, 1.165) is 6.42 Å². The third kappa shape index (κ3) is 2.65. The van der Waals surface area contributed by atoms with Gasteiger partial charge in [-0.3, -0.25) is 4.79 Å². The van der Waals surface area contributed by atoms with E-state index in [2.05, 4.69) is 11.4 Å². The van der Waals surface area contributed by atoms with Crippen LogP contribution in [0.1, 0.15) is 25.3 Å². The number of nitrogens with zero attached hydrogens (tertiary/aromatic N) is 1. The molecule has 3 nitrogen and oxygen atoms in total. The molecule has 1 aromatic carbocycles. The third-order valence-corrected chi connectivity index (χ3v) is 3.16. The number of nitriles is 1. The Kier molecular flexibility index (Phi) is 3.14. The van der Waals surface area contributed by atoms with E-state index >= 15 is 0 Å². The summed E-state index contributed by atoms with van der Waals surface area (Å²) in [5.74, 6) is -0.108. The summed E-state index contributed by atoms with van der Waals surface area (Å²) in [6, 6.07) is 12.2. The Morgan fingerprint density at radius 3 is 2.65 bits per heavy atom. The van der Waals surface area contributed by atoms with Gasteiger partial charge in [0, 0.05) is 6.04 Å². The van der Waals surface area contributed by atoms with Gasteiger partial charge in [-0.15, -0.1) is 0 Å². The summed E-state index contributed by atoms with van der Waals surface area (Å²) in [5.41, 5.74) is 0.479. The highest BCUT2D eigenvalue weighted by Gasteiger charge is 2.50. The number of carbonyl (C=O) groups excluding carboxylic acids is 1. The number of hydrogen-bond acceptors (Lipinski definition) is 2. The van der Waals surface area contributed by atoms with Gasteiger partial charge in [-0.2, -0.15) is 5.26 Å². The molecular weight excluding hydrogens is 212 g/mol. The third-order valence-electron chi connectivity index (χ3n) is 3.16. The Morgan fingerprint density at radius 1 is 1.47 bits per heavy atom. The van der Waals surface area contributed by atoms with Crippen LogP contribution in [0.5, 0.6) is 0 Å². The van der Waals surface area contributed by atoms with Crippen LogP contribution in [0.25, 0.3) is 0 Å². The van der Waals surface area contributed by atoms with Crippen LogP contribution in [0.15, 0.2) is 30.3 Å². The molecule has 0 bridgehead atoms. The van der Waals surface area contributed by atoms with Gasteiger partial charge in [0.15, 0.2) is 0 Å². The molecule has 88 valence electrons. The van der Waals surface area contributed by atoms with E-state index in [0.29, 0.717) is 12.8 Å². The Bertz CT molecular complexity index is 443. The van der Waals surface area contributed by atoms with Crippen LogP contribution in [0, 0.1) is 16.7 Å². The lowest BCUT2D eigenvalue weighted by Gasteiger charge is -2.15. The number of nitrogens with one attached hydrogen (secondary N) is 1. The summed E-state index contributed by atoms with van der Waals surface area (Å²) in [6.07, 6.45) is 2.20. The zero-order chi connectivity index (χ0) is 12.3. The molecule has 1 saturated carbocycles. The van der Waals surface area contributed by atoms with Gasteiger partial charge in [-0.1, -0.05) is 30.3 Å². The summed E-state index contributed by atoms with van der Waals surface area (Å²) < 4.78 is 0. The van der Waals surface area contributed by atoms with E-state index in [1.807, 2.05) is 37.3 Å². The Morgan fingerprint density at radius 2 is 2.12 bits per heavy atom. The fourth-order valence-corrected chi connectivity index (χ4v) is 1.90. The minimum Gasteiger partial charge on any atom is -0.352 e. The van der Waals surface area contributed by atoms with Crippen LogP contribution in [-0.2, 0) is 11.2 Å². The van der Waals surface area contributed by atoms with Crippen LogP contribution in [0.4, 0.5) is 0 Å². The van der Waals surface area contributed by atoms with Crippen molar-refractivity contribution in [3.05, 3.63) is 35.9 Å². The first-order valence-electron chi connectivity index (χ1n) is 5.92. The first-order chi connectivity index (χ1) is 8.16. The molecule has 17 heavy (non-hydrogen) atoms. The summed E-state index contributed by atoms with van der Waals surface area (Å²) in [5, 5.41) is 11.8. The fraction of sp³-hybridized carbons (Fsp3) is 0.429. The predicted octanol–water partition coefficient (Wildman–Crippen LogP) is 2.04. The molecule has 1 N–H and O–H groups in total. The topological polar surface area (TPSA) is 52.9 Å². The van der Waals surface area contributed by atoms with Crippen molar-refractivity contribution in [1.29, 1.82) is 5.26 Å². The second-order valence-electron chi connectivity index (χ2n) is 4.76. The van der Waals surface area contributed by atoms with Gasteiger partial charge in [0.1, 0.15) is 5.41 Å². The first-order valence-corrected chi connectivity index (χ1v) is 5.92. The molecule has 1 atom stereocenters. The van der Waals surface area contributed by atoms with Crippen molar-refractivity contribution < 1.29 is 4.79 Å². The maximum absolute atomic E-state index is 11.8. The zero-order valence-electron chi connectivity index (χ0n) is 9.94. The van der Waals surface area contributed by atoms with Gasteiger partial charge in [-0.25, -0.2) is 0 Å². The summed E-state index contributed by atoms with van der Waals surface area (Å²) in [6.45, 7) is 1.97. The van der Waals surface area contributed by atoms with Crippen LogP contribution < -0.4 is 5.32 Å². The summed E-state index contributed by atoms with van der Waals surface area (Å²) in [7, 11) is 0. The molecule has 0 spiro atoms. The van der Waals surface area contributed by atoms with E-state index in [1.54, 1.807) is 0 Å². The number of hydrogen-bond donors (Lipinski definition) is 1. The number of amides is 1. The van der Waals surface area contributed by atoms with Gasteiger partial charge < -0.3 is 5.32 Å². The molecule has 0 aliphatic heterocycles. The van der Waals surface area contributed by atoms with Crippen molar-refractivity contribution >= 4 is 5.91 Å². The Balaban J connectivity index is 1.88. The molecule has 0 saturated heterocycles. The van der Waals surface area contributed by atoms with Crippen molar-refractivity contribution in [3.63, 3.8) is 0 Å². The lowest BCUT2D eigenvalue weighted by molar-refractivity contribution is -0.125. The second kappa shape index (κ2) is 4.58. The van der Waals surface area contributed by atoms with Gasteiger partial charge in [0.05, 0.1) is 6.07 Å². The van der Waals surface area contributed by atoms with E-state index in [9.17, 15) is 4.79 Å². The average molecular weight is 228 g/mol. The van der Waals surface area contributed by atoms with Crippen LogP contribution in [0.2, 0.25) is 0 Å². The van der Waals surface area contributed by atoms with Crippen molar-refractivity contribution in [3.8, 4) is 6.07 Å². The standard InChI is InChI=1S/C14H16N2O/c1-11(9-12-5-3-2-4-6-12)16-13(17)14(10-15)7-8-14/h2-6,11H,7-9H2,1H3,(H,16,17). The minimum absolute atomic E-state index is 0.0655. The van der Waals surface area contributed by atoms with Crippen molar-refractivity contribution in [1.82, 2.24) is 5.32 Å². The van der Waals surface area contributed by atoms with Crippen molar-refractivity contribution in [2.24, 2.45) is 5.41 Å². The van der Waals surface area contributed by atoms with Gasteiger partial charge in [0.2, 0.25) is 5.91 Å². The number of benzene rings is 1. The monoisotopic (exact) mass is 228 g/mol. The molecule has 1 aromatic rings. The molecule has 0 radical (unpaired) electrons. The molecule has 1 fully saturated rings. The maximum Gasteiger partial charge on any atom is 0.240 e. The van der Waals surface area contributed by atoms with E-state index in [-0.39, 0.29) is 11.9 Å². The molecule has 0 heterocycles. The van der Waals surface area contributed by atoms with Crippen LogP contribution >= 0.6 is 0 Å². The SMILES string of the molecule is CC(Cc1ccccc1)NC(=O)C1(C#N)CC1. The molecule has 3 heteroatoms. The van der Waals surface area contributed by atoms with E-state index in [4.69, 9.17) is 5.26 Å². The average Bonchev–Trinajstić information content (AvgIpc) is 3.11. The highest BCUT2D eigenvalue weighted by molar-refractivity contribution is 5.88. The normalized spacial score (nSPS) is 17.9. The highest BCUT2D eigenvalue weighted by Crippen LogP contribution is 2.45. The van der Waals surface area contributed by atoms with Crippen molar-refractivity contribution in [2.45, 2.75) is 32.2 Å². The molecule has 0 aromatic heterocycles. The predicted molar refractivity (Wildman–Crippen MR) is 65.0 cm³/mol. The van der Waals surface area contributed by atoms with E-state index in [1.165, 1.54) is 5.56 Å². The first kappa shape index (κ1) is 11.7. The molecule has 1 amide bonds. The molecule has 1 aliphatic carbocycles. The Hall–Kier alpha value is -1.82. The summed E-state index contributed by atoms with van der Waals surface area (Å²) in [4.78, 5) is 11.8. The lowest BCUT2D eigenvalue weighted by Crippen LogP contribution is -2.38. The number of carbonyl (C=O) groups is 1. The van der Waals surface area contributed by atoms with Gasteiger partial charge in [0.25, 0.3) is 0 Å². The molecule has 1 unspecified atom stereocenters. The summed E-state index contributed by atoms with van der Waals surface area (Å²) >= 11 is 0.